The van der Waals surface area contributed by atoms with Crippen LogP contribution in [-0.2, 0) is 23.1 Å². The molecule has 6 nitrogen and oxygen atoms in total. The van der Waals surface area contributed by atoms with E-state index < -0.39 is 10.0 Å². The third kappa shape index (κ3) is 5.18. The summed E-state index contributed by atoms with van der Waals surface area (Å²) in [6.45, 7) is 2.50. The van der Waals surface area contributed by atoms with Crippen LogP contribution in [0.15, 0.2) is 78.0 Å². The van der Waals surface area contributed by atoms with Gasteiger partial charge in [-0.05, 0) is 60.7 Å². The Hall–Kier alpha value is -3.03. The van der Waals surface area contributed by atoms with E-state index in [1.807, 2.05) is 54.3 Å². The Morgan fingerprint density at radius 1 is 1.03 bits per heavy atom. The van der Waals surface area contributed by atoms with Gasteiger partial charge in [-0.1, -0.05) is 36.4 Å². The first-order valence-electron chi connectivity index (χ1n) is 10.3. The van der Waals surface area contributed by atoms with E-state index in [9.17, 15) is 13.2 Å². The molecule has 1 fully saturated rings. The maximum atomic E-state index is 13.4. The number of nitrogens with zero attached hydrogens (tertiary/aromatic N) is 2. The molecule has 2 aromatic carbocycles. The summed E-state index contributed by atoms with van der Waals surface area (Å²) < 4.78 is 28.3. The third-order valence-corrected chi connectivity index (χ3v) is 6.81. The van der Waals surface area contributed by atoms with Crippen LogP contribution in [0.1, 0.15) is 39.9 Å². The highest BCUT2D eigenvalue weighted by molar-refractivity contribution is 7.89. The number of aromatic nitrogens is 1. The van der Waals surface area contributed by atoms with E-state index >= 15 is 0 Å². The minimum absolute atomic E-state index is 0.0945. The van der Waals surface area contributed by atoms with Crippen molar-refractivity contribution in [3.05, 3.63) is 95.3 Å². The summed E-state index contributed by atoms with van der Waals surface area (Å²) in [6, 6.07) is 18.0. The van der Waals surface area contributed by atoms with Crippen LogP contribution < -0.4 is 4.72 Å². The zero-order chi connectivity index (χ0) is 21.8. The molecule has 1 saturated carbocycles. The maximum Gasteiger partial charge on any atom is 0.254 e. The topological polar surface area (TPSA) is 79.4 Å². The van der Waals surface area contributed by atoms with E-state index in [1.165, 1.54) is 6.07 Å². The number of aryl methyl sites for hydroxylation is 1. The highest BCUT2D eigenvalue weighted by Gasteiger charge is 2.34. The summed E-state index contributed by atoms with van der Waals surface area (Å²) in [5, 5.41) is 0. The predicted octanol–water partition coefficient (Wildman–Crippen LogP) is 3.67. The highest BCUT2D eigenvalue weighted by atomic mass is 32.2. The second-order valence-electron chi connectivity index (χ2n) is 7.81. The standard InChI is InChI=1S/C24H25N3O3S/c1-18-7-10-22(31(29,30)26-16-19-5-3-2-4-6-19)15-23(18)24(28)27(21-8-9-21)17-20-11-13-25-14-12-20/h2-7,10-15,21,26H,8-9,16-17H2,1H3. The molecule has 1 N–H and O–H groups in total. The van der Waals surface area contributed by atoms with E-state index in [-0.39, 0.29) is 23.4 Å². The molecule has 160 valence electrons. The number of carbonyl (C=O) groups is 1. The maximum absolute atomic E-state index is 13.4. The Labute approximate surface area is 183 Å². The van der Waals surface area contributed by atoms with Crippen molar-refractivity contribution in [1.29, 1.82) is 0 Å². The van der Waals surface area contributed by atoms with Gasteiger partial charge in [-0.2, -0.15) is 0 Å². The molecule has 0 bridgehead atoms. The molecule has 1 aromatic heterocycles. The molecule has 1 aliphatic carbocycles. The number of carbonyl (C=O) groups excluding carboxylic acids is 1. The smallest absolute Gasteiger partial charge is 0.254 e. The summed E-state index contributed by atoms with van der Waals surface area (Å²) in [5.41, 5.74) is 3.05. The van der Waals surface area contributed by atoms with Crippen LogP contribution in [-0.4, -0.2) is 30.3 Å². The monoisotopic (exact) mass is 435 g/mol. The van der Waals surface area contributed by atoms with Crippen LogP contribution in [0, 0.1) is 6.92 Å². The first kappa shape index (κ1) is 21.2. The summed E-state index contributed by atoms with van der Waals surface area (Å²) in [4.78, 5) is 19.4. The lowest BCUT2D eigenvalue weighted by molar-refractivity contribution is 0.0729. The van der Waals surface area contributed by atoms with E-state index in [0.29, 0.717) is 12.1 Å². The minimum atomic E-state index is -3.75. The van der Waals surface area contributed by atoms with Crippen LogP contribution in [0.5, 0.6) is 0 Å². The lowest BCUT2D eigenvalue weighted by atomic mass is 10.1. The van der Waals surface area contributed by atoms with Crippen molar-refractivity contribution in [2.45, 2.75) is 43.8 Å². The van der Waals surface area contributed by atoms with Crippen LogP contribution in [0.3, 0.4) is 0 Å². The van der Waals surface area contributed by atoms with Crippen molar-refractivity contribution in [3.63, 3.8) is 0 Å². The van der Waals surface area contributed by atoms with Crippen molar-refractivity contribution in [2.75, 3.05) is 0 Å². The second-order valence-corrected chi connectivity index (χ2v) is 9.57. The number of rotatable bonds is 8. The zero-order valence-electron chi connectivity index (χ0n) is 17.4. The number of nitrogens with one attached hydrogen (secondary N) is 1. The minimum Gasteiger partial charge on any atom is -0.331 e. The summed E-state index contributed by atoms with van der Waals surface area (Å²) in [7, 11) is -3.75. The molecule has 1 amide bonds. The molecule has 4 rings (SSSR count). The third-order valence-electron chi connectivity index (χ3n) is 5.41. The van der Waals surface area contributed by atoms with Gasteiger partial charge in [0.2, 0.25) is 10.0 Å². The average Bonchev–Trinajstić information content (AvgIpc) is 3.63. The Morgan fingerprint density at radius 2 is 1.74 bits per heavy atom. The molecule has 31 heavy (non-hydrogen) atoms. The van der Waals surface area contributed by atoms with Gasteiger partial charge >= 0.3 is 0 Å². The Morgan fingerprint density at radius 3 is 2.42 bits per heavy atom. The molecule has 0 radical (unpaired) electrons. The van der Waals surface area contributed by atoms with Gasteiger partial charge in [0.15, 0.2) is 0 Å². The van der Waals surface area contributed by atoms with Crippen molar-refractivity contribution < 1.29 is 13.2 Å². The van der Waals surface area contributed by atoms with Crippen molar-refractivity contribution >= 4 is 15.9 Å². The van der Waals surface area contributed by atoms with Crippen molar-refractivity contribution in [3.8, 4) is 0 Å². The summed E-state index contributed by atoms with van der Waals surface area (Å²) >= 11 is 0. The van der Waals surface area contributed by atoms with E-state index in [2.05, 4.69) is 9.71 Å². The van der Waals surface area contributed by atoms with Crippen LogP contribution in [0.25, 0.3) is 0 Å². The van der Waals surface area contributed by atoms with Gasteiger partial charge in [0.1, 0.15) is 0 Å². The van der Waals surface area contributed by atoms with Crippen LogP contribution in [0.4, 0.5) is 0 Å². The predicted molar refractivity (Wildman–Crippen MR) is 119 cm³/mol. The van der Waals surface area contributed by atoms with Gasteiger partial charge < -0.3 is 4.90 Å². The SMILES string of the molecule is Cc1ccc(S(=O)(=O)NCc2ccccc2)cc1C(=O)N(Cc1ccncc1)C1CC1. The van der Waals surface area contributed by atoms with Gasteiger partial charge in [0.25, 0.3) is 5.91 Å². The molecular formula is C24H25N3O3S. The number of benzene rings is 2. The van der Waals surface area contributed by atoms with E-state index in [4.69, 9.17) is 0 Å². The van der Waals surface area contributed by atoms with Gasteiger partial charge in [0, 0.05) is 37.1 Å². The fourth-order valence-electron chi connectivity index (χ4n) is 3.45. The van der Waals surface area contributed by atoms with E-state index in [1.54, 1.807) is 24.5 Å². The van der Waals surface area contributed by atoms with E-state index in [0.717, 1.165) is 29.5 Å². The summed E-state index contributed by atoms with van der Waals surface area (Å²) in [6.07, 6.45) is 5.35. The molecule has 7 heteroatoms. The average molecular weight is 436 g/mol. The first-order valence-corrected chi connectivity index (χ1v) is 11.8. The molecule has 1 heterocycles. The fraction of sp³-hybridized carbons (Fsp3) is 0.250. The van der Waals surface area contributed by atoms with Gasteiger partial charge in [-0.25, -0.2) is 13.1 Å². The van der Waals surface area contributed by atoms with Gasteiger partial charge in [-0.3, -0.25) is 9.78 Å². The van der Waals surface area contributed by atoms with Crippen LogP contribution >= 0.6 is 0 Å². The zero-order valence-corrected chi connectivity index (χ0v) is 18.2. The number of amides is 1. The molecule has 0 unspecified atom stereocenters. The Bertz CT molecular complexity index is 1160. The van der Waals surface area contributed by atoms with Gasteiger partial charge in [0.05, 0.1) is 4.90 Å². The number of hydrogen-bond donors (Lipinski definition) is 1. The highest BCUT2D eigenvalue weighted by Crippen LogP contribution is 2.31. The van der Waals surface area contributed by atoms with Crippen molar-refractivity contribution in [1.82, 2.24) is 14.6 Å². The normalized spacial score (nSPS) is 13.7. The molecule has 1 aliphatic rings. The molecule has 0 aliphatic heterocycles. The number of pyridine rings is 1. The quantitative estimate of drug-likeness (QED) is 0.585. The molecule has 0 saturated heterocycles. The van der Waals surface area contributed by atoms with Crippen LogP contribution in [0.2, 0.25) is 0 Å². The molecule has 0 spiro atoms. The van der Waals surface area contributed by atoms with Gasteiger partial charge in [-0.15, -0.1) is 0 Å². The first-order chi connectivity index (χ1) is 14.9. The molecular weight excluding hydrogens is 410 g/mol. The lowest BCUT2D eigenvalue weighted by Gasteiger charge is -2.24. The largest absolute Gasteiger partial charge is 0.331 e. The summed E-state index contributed by atoms with van der Waals surface area (Å²) in [5.74, 6) is -0.142. The van der Waals surface area contributed by atoms with Crippen molar-refractivity contribution in [2.24, 2.45) is 0 Å². The molecule has 0 atom stereocenters. The Balaban J connectivity index is 1.57. The Kier molecular flexibility index (Phi) is 6.15. The fourth-order valence-corrected chi connectivity index (χ4v) is 4.49. The number of sulfonamides is 1. The molecule has 3 aromatic rings. The number of hydrogen-bond acceptors (Lipinski definition) is 4. The lowest BCUT2D eigenvalue weighted by Crippen LogP contribution is -2.33. The second kappa shape index (κ2) is 8.99.